The van der Waals surface area contributed by atoms with Crippen LogP contribution in [0.25, 0.3) is 6.08 Å². The Kier molecular flexibility index (Phi) is 4.21. The van der Waals surface area contributed by atoms with Gasteiger partial charge in [-0.2, -0.15) is 0 Å². The Balaban J connectivity index is 3.01. The third-order valence-electron chi connectivity index (χ3n) is 2.45. The number of rotatable bonds is 3. The van der Waals surface area contributed by atoms with Crippen LogP contribution in [0.2, 0.25) is 0 Å². The molecule has 0 aliphatic carbocycles. The molecule has 76 valence electrons. The monoisotopic (exact) mass is 208 g/mol. The van der Waals surface area contributed by atoms with Crippen LogP contribution >= 0.6 is 11.6 Å². The van der Waals surface area contributed by atoms with Gasteiger partial charge in [-0.3, -0.25) is 0 Å². The second-order valence-electron chi connectivity index (χ2n) is 3.56. The fourth-order valence-corrected chi connectivity index (χ4v) is 1.42. The second-order valence-corrected chi connectivity index (χ2v) is 4.21. The average molecular weight is 209 g/mol. The maximum Gasteiger partial charge on any atom is 0.0517 e. The molecule has 0 aliphatic rings. The van der Waals surface area contributed by atoms with Gasteiger partial charge in [0.25, 0.3) is 0 Å². The summed E-state index contributed by atoms with van der Waals surface area (Å²) in [6.45, 7) is 6.25. The van der Waals surface area contributed by atoms with Crippen LogP contribution in [0.1, 0.15) is 31.9 Å². The van der Waals surface area contributed by atoms with E-state index in [9.17, 15) is 0 Å². The first-order valence-corrected chi connectivity index (χ1v) is 5.49. The highest BCUT2D eigenvalue weighted by atomic mass is 35.5. The number of aryl methyl sites for hydroxylation is 1. The normalized spacial score (nSPS) is 14.1. The first kappa shape index (κ1) is 11.3. The zero-order chi connectivity index (χ0) is 10.6. The highest BCUT2D eigenvalue weighted by Gasteiger charge is 2.01. The zero-order valence-electron chi connectivity index (χ0n) is 9.05. The summed E-state index contributed by atoms with van der Waals surface area (Å²) in [6.07, 6.45) is 3.24. The van der Waals surface area contributed by atoms with Crippen molar-refractivity contribution in [2.45, 2.75) is 32.6 Å². The number of benzene rings is 1. The van der Waals surface area contributed by atoms with E-state index in [0.29, 0.717) is 0 Å². The molecule has 0 nitrogen and oxygen atoms in total. The molecular weight excluding hydrogens is 192 g/mol. The van der Waals surface area contributed by atoms with E-state index in [2.05, 4.69) is 44.2 Å². The molecule has 0 N–H and O–H groups in total. The van der Waals surface area contributed by atoms with Crippen molar-refractivity contribution in [3.05, 3.63) is 41.0 Å². The number of hydrogen-bond acceptors (Lipinski definition) is 0. The molecule has 1 aromatic rings. The van der Waals surface area contributed by atoms with Gasteiger partial charge in [-0.15, -0.1) is 11.6 Å². The predicted molar refractivity (Wildman–Crippen MR) is 64.8 cm³/mol. The maximum absolute atomic E-state index is 6.01. The number of halogens is 1. The summed E-state index contributed by atoms with van der Waals surface area (Å²) in [5.41, 5.74) is 3.89. The quantitative estimate of drug-likeness (QED) is 0.651. The van der Waals surface area contributed by atoms with Crippen molar-refractivity contribution in [3.8, 4) is 0 Å². The molecule has 0 saturated heterocycles. The summed E-state index contributed by atoms with van der Waals surface area (Å²) < 4.78 is 0. The summed E-state index contributed by atoms with van der Waals surface area (Å²) >= 11 is 6.01. The third kappa shape index (κ3) is 2.88. The van der Waals surface area contributed by atoms with Gasteiger partial charge in [0, 0.05) is 0 Å². The highest BCUT2D eigenvalue weighted by molar-refractivity contribution is 6.22. The summed E-state index contributed by atoms with van der Waals surface area (Å²) in [5.74, 6) is 0. The topological polar surface area (TPSA) is 0 Å². The maximum atomic E-state index is 6.01. The lowest BCUT2D eigenvalue weighted by Crippen LogP contribution is -1.93. The molecule has 14 heavy (non-hydrogen) atoms. The SMILES string of the molecule is CCc1ccccc1/C=C(/C)C(C)Cl. The van der Waals surface area contributed by atoms with Crippen molar-refractivity contribution >= 4 is 17.7 Å². The molecular formula is C13H17Cl. The first-order chi connectivity index (χ1) is 6.65. The molecule has 1 atom stereocenters. The molecule has 0 amide bonds. The Hall–Kier alpha value is -0.750. The van der Waals surface area contributed by atoms with Gasteiger partial charge in [0.2, 0.25) is 0 Å². The van der Waals surface area contributed by atoms with Gasteiger partial charge in [-0.1, -0.05) is 42.8 Å². The van der Waals surface area contributed by atoms with Crippen molar-refractivity contribution in [3.63, 3.8) is 0 Å². The fraction of sp³-hybridized carbons (Fsp3) is 0.385. The van der Waals surface area contributed by atoms with Crippen LogP contribution in [0.4, 0.5) is 0 Å². The molecule has 0 spiro atoms. The number of allylic oxidation sites excluding steroid dienone is 1. The Morgan fingerprint density at radius 1 is 1.43 bits per heavy atom. The Morgan fingerprint density at radius 2 is 2.07 bits per heavy atom. The summed E-state index contributed by atoms with van der Waals surface area (Å²) in [4.78, 5) is 0. The van der Waals surface area contributed by atoms with E-state index in [1.807, 2.05) is 6.92 Å². The molecule has 0 bridgehead atoms. The minimum Gasteiger partial charge on any atom is -0.118 e. The molecule has 0 radical (unpaired) electrons. The molecule has 0 heterocycles. The van der Waals surface area contributed by atoms with Gasteiger partial charge in [0.05, 0.1) is 5.38 Å². The summed E-state index contributed by atoms with van der Waals surface area (Å²) in [7, 11) is 0. The van der Waals surface area contributed by atoms with Crippen LogP contribution in [0.15, 0.2) is 29.8 Å². The van der Waals surface area contributed by atoms with Crippen LogP contribution in [0.5, 0.6) is 0 Å². The Labute approximate surface area is 91.6 Å². The molecule has 0 aliphatic heterocycles. The molecule has 0 saturated carbocycles. The number of hydrogen-bond donors (Lipinski definition) is 0. The summed E-state index contributed by atoms with van der Waals surface area (Å²) in [6, 6.07) is 8.45. The first-order valence-electron chi connectivity index (χ1n) is 5.05. The zero-order valence-corrected chi connectivity index (χ0v) is 9.81. The molecule has 1 aromatic carbocycles. The van der Waals surface area contributed by atoms with Crippen LogP contribution in [0, 0.1) is 0 Å². The predicted octanol–water partition coefficient (Wildman–Crippen LogP) is 4.28. The van der Waals surface area contributed by atoms with Crippen molar-refractivity contribution in [2.24, 2.45) is 0 Å². The van der Waals surface area contributed by atoms with Crippen LogP contribution < -0.4 is 0 Å². The lowest BCUT2D eigenvalue weighted by Gasteiger charge is -2.06. The molecule has 1 heteroatoms. The van der Waals surface area contributed by atoms with Crippen LogP contribution in [-0.4, -0.2) is 5.38 Å². The van der Waals surface area contributed by atoms with E-state index < -0.39 is 0 Å². The van der Waals surface area contributed by atoms with E-state index in [0.717, 1.165) is 6.42 Å². The van der Waals surface area contributed by atoms with Crippen LogP contribution in [-0.2, 0) is 6.42 Å². The number of alkyl halides is 1. The van der Waals surface area contributed by atoms with E-state index in [4.69, 9.17) is 11.6 Å². The standard InChI is InChI=1S/C13H17Cl/c1-4-12-7-5-6-8-13(12)9-10(2)11(3)14/h5-9,11H,4H2,1-3H3/b10-9-. The average Bonchev–Trinajstić information content (AvgIpc) is 2.18. The van der Waals surface area contributed by atoms with Gasteiger partial charge in [-0.05, 0) is 31.4 Å². The molecule has 0 aromatic heterocycles. The van der Waals surface area contributed by atoms with Crippen molar-refractivity contribution in [1.82, 2.24) is 0 Å². The molecule has 1 unspecified atom stereocenters. The van der Waals surface area contributed by atoms with Gasteiger partial charge in [0.1, 0.15) is 0 Å². The largest absolute Gasteiger partial charge is 0.118 e. The Bertz CT molecular complexity index is 324. The highest BCUT2D eigenvalue weighted by Crippen LogP contribution is 2.17. The third-order valence-corrected chi connectivity index (χ3v) is 2.79. The van der Waals surface area contributed by atoms with Crippen molar-refractivity contribution in [2.75, 3.05) is 0 Å². The van der Waals surface area contributed by atoms with E-state index in [1.54, 1.807) is 0 Å². The minimum absolute atomic E-state index is 0.111. The van der Waals surface area contributed by atoms with Crippen LogP contribution in [0.3, 0.4) is 0 Å². The van der Waals surface area contributed by atoms with E-state index >= 15 is 0 Å². The van der Waals surface area contributed by atoms with Crippen molar-refractivity contribution in [1.29, 1.82) is 0 Å². The Morgan fingerprint density at radius 3 is 2.64 bits per heavy atom. The lowest BCUT2D eigenvalue weighted by molar-refractivity contribution is 1.11. The second kappa shape index (κ2) is 5.21. The van der Waals surface area contributed by atoms with Gasteiger partial charge in [0.15, 0.2) is 0 Å². The van der Waals surface area contributed by atoms with E-state index in [1.165, 1.54) is 16.7 Å². The molecule has 1 rings (SSSR count). The summed E-state index contributed by atoms with van der Waals surface area (Å²) in [5, 5.41) is 0.111. The van der Waals surface area contributed by atoms with Gasteiger partial charge >= 0.3 is 0 Å². The minimum atomic E-state index is 0.111. The molecule has 0 fully saturated rings. The lowest BCUT2D eigenvalue weighted by atomic mass is 10.0. The van der Waals surface area contributed by atoms with Gasteiger partial charge < -0.3 is 0 Å². The fourth-order valence-electron chi connectivity index (χ4n) is 1.36. The van der Waals surface area contributed by atoms with Crippen molar-refractivity contribution < 1.29 is 0 Å². The smallest absolute Gasteiger partial charge is 0.0517 e. The van der Waals surface area contributed by atoms with E-state index in [-0.39, 0.29) is 5.38 Å². The van der Waals surface area contributed by atoms with Gasteiger partial charge in [-0.25, -0.2) is 0 Å².